The van der Waals surface area contributed by atoms with E-state index in [0.717, 1.165) is 5.38 Å². The summed E-state index contributed by atoms with van der Waals surface area (Å²) in [6.07, 6.45) is -0.175. The molecular weight excluding hydrogens is 519 g/mol. The first-order valence-corrected chi connectivity index (χ1v) is 11.3. The molecule has 0 fully saturated rings. The van der Waals surface area contributed by atoms with Gasteiger partial charge >= 0.3 is 12.8 Å². The summed E-state index contributed by atoms with van der Waals surface area (Å²) in [4.78, 5) is 20.9. The van der Waals surface area contributed by atoms with Crippen molar-refractivity contribution in [1.82, 2.24) is 14.4 Å². The Kier molecular flexibility index (Phi) is 7.25. The van der Waals surface area contributed by atoms with Crippen LogP contribution in [0.4, 0.5) is 27.1 Å². The van der Waals surface area contributed by atoms with E-state index in [1.54, 1.807) is 30.5 Å². The maximum atomic E-state index is 13.1. The Bertz CT molecular complexity index is 1490. The molecule has 4 aromatic rings. The Morgan fingerprint density at radius 3 is 2.62 bits per heavy atom. The molecule has 0 atom stereocenters. The number of nitrogens with zero attached hydrogens (tertiary/aromatic N) is 3. The van der Waals surface area contributed by atoms with Crippen LogP contribution < -0.4 is 14.8 Å². The smallest absolute Gasteiger partial charge is 0.434 e. The van der Waals surface area contributed by atoms with E-state index in [0.29, 0.717) is 22.5 Å². The second-order valence-corrected chi connectivity index (χ2v) is 8.31. The van der Waals surface area contributed by atoms with Gasteiger partial charge in [-0.2, -0.15) is 22.0 Å². The van der Waals surface area contributed by atoms with Crippen LogP contribution in [0.5, 0.6) is 11.5 Å². The molecular formula is C24H17F5N4O3S. The predicted octanol–water partition coefficient (Wildman–Crippen LogP) is 6.75. The highest BCUT2D eigenvalue weighted by atomic mass is 32.1. The fourth-order valence-corrected chi connectivity index (χ4v) is 3.99. The summed E-state index contributed by atoms with van der Waals surface area (Å²) < 4.78 is 76.0. The minimum atomic E-state index is -4.65. The van der Waals surface area contributed by atoms with Crippen LogP contribution in [-0.4, -0.2) is 26.9 Å². The Labute approximate surface area is 210 Å². The topological polar surface area (TPSA) is 77.8 Å². The van der Waals surface area contributed by atoms with Gasteiger partial charge in [0, 0.05) is 17.1 Å². The van der Waals surface area contributed by atoms with Crippen molar-refractivity contribution in [3.63, 3.8) is 0 Å². The highest BCUT2D eigenvalue weighted by Crippen LogP contribution is 2.35. The van der Waals surface area contributed by atoms with Crippen molar-refractivity contribution in [2.24, 2.45) is 0 Å². The van der Waals surface area contributed by atoms with Crippen LogP contribution in [0.1, 0.15) is 34.4 Å². The molecule has 0 aliphatic carbocycles. The normalized spacial score (nSPS) is 11.9. The van der Waals surface area contributed by atoms with E-state index in [1.165, 1.54) is 35.6 Å². The van der Waals surface area contributed by atoms with Crippen molar-refractivity contribution < 1.29 is 36.2 Å². The number of fused-ring (bicyclic) bond motifs is 1. The Hall–Kier alpha value is -4.26. The highest BCUT2D eigenvalue weighted by molar-refractivity contribution is 7.14. The molecule has 3 aromatic heterocycles. The number of hydrogen-bond acceptors (Lipinski definition) is 6. The lowest BCUT2D eigenvalue weighted by molar-refractivity contribution is -0.140. The van der Waals surface area contributed by atoms with E-state index in [2.05, 4.69) is 26.6 Å². The summed E-state index contributed by atoms with van der Waals surface area (Å²) in [6, 6.07) is 9.31. The number of carbonyl (C=O) groups is 1. The average Bonchev–Trinajstić information content (AvgIpc) is 3.43. The van der Waals surface area contributed by atoms with Gasteiger partial charge < -0.3 is 9.47 Å². The third-order valence-electron chi connectivity index (χ3n) is 4.71. The molecule has 0 saturated carbocycles. The zero-order valence-electron chi connectivity index (χ0n) is 18.9. The molecule has 3 heterocycles. The van der Waals surface area contributed by atoms with Crippen LogP contribution in [-0.2, 0) is 6.18 Å². The lowest BCUT2D eigenvalue weighted by atomic mass is 10.1. The highest BCUT2D eigenvalue weighted by Gasteiger charge is 2.34. The summed E-state index contributed by atoms with van der Waals surface area (Å²) in [7, 11) is 0. The van der Waals surface area contributed by atoms with Gasteiger partial charge in [-0.25, -0.2) is 9.97 Å². The number of rotatable bonds is 8. The van der Waals surface area contributed by atoms with Gasteiger partial charge in [0.15, 0.2) is 22.3 Å². The number of allylic oxidation sites excluding steroid dienone is 1. The number of hydrogen-bond donors (Lipinski definition) is 1. The quantitative estimate of drug-likeness (QED) is 0.199. The number of aromatic nitrogens is 3. The lowest BCUT2D eigenvalue weighted by Gasteiger charge is -2.14. The van der Waals surface area contributed by atoms with E-state index in [1.807, 2.05) is 0 Å². The van der Waals surface area contributed by atoms with Crippen molar-refractivity contribution in [3.05, 3.63) is 83.0 Å². The second-order valence-electron chi connectivity index (χ2n) is 7.45. The van der Waals surface area contributed by atoms with Gasteiger partial charge in [-0.3, -0.25) is 14.5 Å². The van der Waals surface area contributed by atoms with E-state index in [4.69, 9.17) is 4.74 Å². The van der Waals surface area contributed by atoms with Gasteiger partial charge in [0.2, 0.25) is 0 Å². The van der Waals surface area contributed by atoms with Gasteiger partial charge in [-0.15, -0.1) is 11.3 Å². The second kappa shape index (κ2) is 10.4. The number of amides is 1. The monoisotopic (exact) mass is 536 g/mol. The summed E-state index contributed by atoms with van der Waals surface area (Å²) in [5.74, 6) is -0.787. The Morgan fingerprint density at radius 2 is 1.95 bits per heavy atom. The number of imidazole rings is 1. The van der Waals surface area contributed by atoms with E-state index in [9.17, 15) is 26.7 Å². The van der Waals surface area contributed by atoms with Crippen molar-refractivity contribution in [2.45, 2.75) is 19.7 Å². The molecule has 1 amide bonds. The summed E-state index contributed by atoms with van der Waals surface area (Å²) in [5.41, 5.74) is -0.257. The molecule has 0 aliphatic rings. The van der Waals surface area contributed by atoms with Crippen molar-refractivity contribution >= 4 is 40.2 Å². The zero-order valence-corrected chi connectivity index (χ0v) is 19.7. The maximum absolute atomic E-state index is 13.1. The Morgan fingerprint density at radius 1 is 1.16 bits per heavy atom. The molecule has 1 N–H and O–H groups in total. The number of alkyl halides is 5. The van der Waals surface area contributed by atoms with Crippen LogP contribution in [0.3, 0.4) is 0 Å². The molecule has 0 unspecified atom stereocenters. The predicted molar refractivity (Wildman–Crippen MR) is 128 cm³/mol. The Balaban J connectivity index is 1.72. The molecule has 0 radical (unpaired) electrons. The van der Waals surface area contributed by atoms with Gasteiger partial charge in [0.25, 0.3) is 5.91 Å². The number of thiazole rings is 1. The van der Waals surface area contributed by atoms with Gasteiger partial charge in [-0.1, -0.05) is 24.8 Å². The first-order chi connectivity index (χ1) is 17.5. The van der Waals surface area contributed by atoms with Crippen LogP contribution in [0.15, 0.2) is 60.3 Å². The number of ether oxygens (including phenoxy) is 2. The summed E-state index contributed by atoms with van der Waals surface area (Å²) >= 11 is 0.627. The third kappa shape index (κ3) is 5.94. The lowest BCUT2D eigenvalue weighted by Crippen LogP contribution is -2.16. The molecule has 0 bridgehead atoms. The van der Waals surface area contributed by atoms with Gasteiger partial charge in [-0.05, 0) is 37.3 Å². The molecule has 192 valence electrons. The number of halogens is 5. The molecule has 0 aliphatic heterocycles. The van der Waals surface area contributed by atoms with Crippen molar-refractivity contribution in [1.29, 1.82) is 0 Å². The summed E-state index contributed by atoms with van der Waals surface area (Å²) in [5, 5.41) is 2.92. The SMILES string of the molecule is C=C(C)Oc1c(C=Cc2nc3ccccn3c2C(=O)Nc2nc(C(F)(F)F)cs2)cccc1OC(F)F. The minimum Gasteiger partial charge on any atom is -0.458 e. The van der Waals surface area contributed by atoms with E-state index in [-0.39, 0.29) is 33.8 Å². The number of nitrogens with one attached hydrogen (secondary N) is 1. The van der Waals surface area contributed by atoms with E-state index < -0.39 is 24.4 Å². The fraction of sp³-hybridized carbons (Fsp3) is 0.125. The molecule has 1 aromatic carbocycles. The fourth-order valence-electron chi connectivity index (χ4n) is 3.28. The molecule has 7 nitrogen and oxygen atoms in total. The maximum Gasteiger partial charge on any atom is 0.434 e. The van der Waals surface area contributed by atoms with Gasteiger partial charge in [0.05, 0.1) is 11.5 Å². The van der Waals surface area contributed by atoms with Crippen LogP contribution in [0.2, 0.25) is 0 Å². The third-order valence-corrected chi connectivity index (χ3v) is 5.47. The van der Waals surface area contributed by atoms with Gasteiger partial charge in [0.1, 0.15) is 11.3 Å². The standard InChI is InChI=1S/C24H17F5N4O3S/c1-13(2)35-20-14(6-5-7-16(20)36-22(25)26)9-10-15-19(33-11-4-3-8-18(33)30-15)21(34)32-23-31-17(12-37-23)24(27,28)29/h3-12,22H,1H2,2H3,(H,31,32,34). The number of benzene rings is 1. The minimum absolute atomic E-state index is 0.0120. The largest absolute Gasteiger partial charge is 0.458 e. The van der Waals surface area contributed by atoms with Crippen LogP contribution in [0, 0.1) is 0 Å². The van der Waals surface area contributed by atoms with Crippen LogP contribution >= 0.6 is 11.3 Å². The molecule has 4 rings (SSSR count). The number of para-hydroxylation sites is 1. The molecule has 13 heteroatoms. The number of carbonyl (C=O) groups excluding carboxylic acids is 1. The van der Waals surface area contributed by atoms with Crippen LogP contribution in [0.25, 0.3) is 17.8 Å². The first kappa shape index (κ1) is 25.8. The molecule has 0 saturated heterocycles. The molecule has 37 heavy (non-hydrogen) atoms. The average molecular weight is 536 g/mol. The zero-order chi connectivity index (χ0) is 26.7. The molecule has 0 spiro atoms. The van der Waals surface area contributed by atoms with E-state index >= 15 is 0 Å². The summed E-state index contributed by atoms with van der Waals surface area (Å²) in [6.45, 7) is 2.05. The van der Waals surface area contributed by atoms with Crippen molar-refractivity contribution in [3.8, 4) is 11.5 Å². The van der Waals surface area contributed by atoms with Crippen molar-refractivity contribution in [2.75, 3.05) is 5.32 Å². The number of anilines is 1. The number of pyridine rings is 1. The first-order valence-electron chi connectivity index (χ1n) is 10.4.